The topological polar surface area (TPSA) is 26.0 Å². The molecule has 0 saturated heterocycles. The van der Waals surface area contributed by atoms with Crippen LogP contribution in [0.5, 0.6) is 0 Å². The third kappa shape index (κ3) is 3.14. The summed E-state index contributed by atoms with van der Waals surface area (Å²) in [5.74, 6) is -0.208. The minimum absolute atomic E-state index is 0. The molecule has 1 fully saturated rings. The second-order valence-corrected chi connectivity index (χ2v) is 3.95. The molecule has 0 aromatic heterocycles. The van der Waals surface area contributed by atoms with Crippen LogP contribution in [0, 0.1) is 17.6 Å². The first-order valence-electron chi connectivity index (χ1n) is 4.87. The fraction of sp³-hybridized carbons (Fsp3) is 0.455. The van der Waals surface area contributed by atoms with E-state index in [-0.39, 0.29) is 18.4 Å². The van der Waals surface area contributed by atoms with Gasteiger partial charge in [-0.15, -0.1) is 12.4 Å². The molecular formula is C11H14ClF2N. The van der Waals surface area contributed by atoms with Gasteiger partial charge in [-0.3, -0.25) is 0 Å². The van der Waals surface area contributed by atoms with Crippen LogP contribution in [0.15, 0.2) is 18.2 Å². The highest BCUT2D eigenvalue weighted by molar-refractivity contribution is 5.85. The molecule has 0 aliphatic heterocycles. The summed E-state index contributed by atoms with van der Waals surface area (Å²) >= 11 is 0. The smallest absolute Gasteiger partial charge is 0.128 e. The van der Waals surface area contributed by atoms with Gasteiger partial charge < -0.3 is 5.73 Å². The van der Waals surface area contributed by atoms with Crippen molar-refractivity contribution in [1.29, 1.82) is 0 Å². The Hall–Kier alpha value is -0.670. The van der Waals surface area contributed by atoms with Crippen molar-refractivity contribution in [3.63, 3.8) is 0 Å². The standard InChI is InChI=1S/C11H13F2N.ClH/c12-8-3-4-10(13)9(6-8)11(14)5-7-1-2-7;/h3-4,6-7,11H,1-2,5,14H2;1H/t11-;/m1./s1. The van der Waals surface area contributed by atoms with Crippen molar-refractivity contribution in [3.05, 3.63) is 35.4 Å². The Bertz CT molecular complexity index is 339. The van der Waals surface area contributed by atoms with Crippen molar-refractivity contribution in [3.8, 4) is 0 Å². The Balaban J connectivity index is 0.00000112. The Morgan fingerprint density at radius 1 is 1.33 bits per heavy atom. The number of hydrogen-bond acceptors (Lipinski definition) is 1. The quantitative estimate of drug-likeness (QED) is 0.853. The van der Waals surface area contributed by atoms with Gasteiger partial charge in [0.15, 0.2) is 0 Å². The Morgan fingerprint density at radius 3 is 2.60 bits per heavy atom. The molecule has 1 aliphatic carbocycles. The summed E-state index contributed by atoms with van der Waals surface area (Å²) in [5, 5.41) is 0. The number of hydrogen-bond donors (Lipinski definition) is 1. The van der Waals surface area contributed by atoms with E-state index in [4.69, 9.17) is 5.73 Å². The molecule has 1 saturated carbocycles. The minimum Gasteiger partial charge on any atom is -0.324 e. The van der Waals surface area contributed by atoms with Gasteiger partial charge in [-0.25, -0.2) is 8.78 Å². The Labute approximate surface area is 94.1 Å². The molecule has 2 rings (SSSR count). The SMILES string of the molecule is Cl.N[C@H](CC1CC1)c1cc(F)ccc1F. The predicted octanol–water partition coefficient (Wildman–Crippen LogP) is 3.19. The number of benzene rings is 1. The van der Waals surface area contributed by atoms with Gasteiger partial charge in [0, 0.05) is 11.6 Å². The van der Waals surface area contributed by atoms with Gasteiger partial charge in [0.2, 0.25) is 0 Å². The van der Waals surface area contributed by atoms with E-state index in [0.717, 1.165) is 18.6 Å². The van der Waals surface area contributed by atoms with Crippen LogP contribution in [-0.2, 0) is 0 Å². The normalized spacial score (nSPS) is 17.0. The van der Waals surface area contributed by atoms with Crippen LogP contribution in [0.3, 0.4) is 0 Å². The lowest BCUT2D eigenvalue weighted by molar-refractivity contribution is 0.531. The fourth-order valence-electron chi connectivity index (χ4n) is 1.64. The van der Waals surface area contributed by atoms with E-state index in [2.05, 4.69) is 0 Å². The summed E-state index contributed by atoms with van der Waals surface area (Å²) in [7, 11) is 0. The molecule has 15 heavy (non-hydrogen) atoms. The average Bonchev–Trinajstić information content (AvgIpc) is 2.93. The molecule has 0 amide bonds. The van der Waals surface area contributed by atoms with E-state index < -0.39 is 11.6 Å². The number of rotatable bonds is 3. The van der Waals surface area contributed by atoms with E-state index in [9.17, 15) is 8.78 Å². The summed E-state index contributed by atoms with van der Waals surface area (Å²) in [5.41, 5.74) is 6.10. The monoisotopic (exact) mass is 233 g/mol. The zero-order valence-corrected chi connectivity index (χ0v) is 9.07. The highest BCUT2D eigenvalue weighted by atomic mass is 35.5. The highest BCUT2D eigenvalue weighted by Crippen LogP contribution is 2.37. The summed E-state index contributed by atoms with van der Waals surface area (Å²) in [6.45, 7) is 0. The van der Waals surface area contributed by atoms with Crippen LogP contribution in [0.25, 0.3) is 0 Å². The zero-order valence-electron chi connectivity index (χ0n) is 8.25. The molecule has 0 unspecified atom stereocenters. The summed E-state index contributed by atoms with van der Waals surface area (Å²) < 4.78 is 26.1. The highest BCUT2D eigenvalue weighted by Gasteiger charge is 2.25. The average molecular weight is 234 g/mol. The third-order valence-corrected chi connectivity index (χ3v) is 2.64. The maximum absolute atomic E-state index is 13.2. The maximum atomic E-state index is 13.2. The third-order valence-electron chi connectivity index (χ3n) is 2.64. The molecule has 1 aromatic carbocycles. The molecule has 0 bridgehead atoms. The van der Waals surface area contributed by atoms with Crippen molar-refractivity contribution < 1.29 is 8.78 Å². The molecule has 0 heterocycles. The molecule has 2 N–H and O–H groups in total. The molecule has 0 spiro atoms. The van der Waals surface area contributed by atoms with Crippen LogP contribution in [-0.4, -0.2) is 0 Å². The maximum Gasteiger partial charge on any atom is 0.128 e. The molecule has 1 atom stereocenters. The van der Waals surface area contributed by atoms with Crippen molar-refractivity contribution in [1.82, 2.24) is 0 Å². The Morgan fingerprint density at radius 2 is 2.00 bits per heavy atom. The Kier molecular flexibility index (Phi) is 4.05. The van der Waals surface area contributed by atoms with Gasteiger partial charge in [0.05, 0.1) is 0 Å². The van der Waals surface area contributed by atoms with E-state index >= 15 is 0 Å². The number of halogens is 3. The fourth-order valence-corrected chi connectivity index (χ4v) is 1.64. The zero-order chi connectivity index (χ0) is 10.1. The van der Waals surface area contributed by atoms with E-state index in [0.29, 0.717) is 11.5 Å². The van der Waals surface area contributed by atoms with E-state index in [1.165, 1.54) is 18.9 Å². The molecule has 0 radical (unpaired) electrons. The van der Waals surface area contributed by atoms with Crippen molar-refractivity contribution in [2.75, 3.05) is 0 Å². The lowest BCUT2D eigenvalue weighted by Gasteiger charge is -2.12. The second-order valence-electron chi connectivity index (χ2n) is 3.95. The molecule has 1 aromatic rings. The van der Waals surface area contributed by atoms with Gasteiger partial charge in [-0.05, 0) is 30.5 Å². The van der Waals surface area contributed by atoms with Crippen LogP contribution < -0.4 is 5.73 Å². The van der Waals surface area contributed by atoms with Crippen LogP contribution in [0.1, 0.15) is 30.9 Å². The molecule has 1 nitrogen and oxygen atoms in total. The number of nitrogens with two attached hydrogens (primary N) is 1. The van der Waals surface area contributed by atoms with Gasteiger partial charge >= 0.3 is 0 Å². The first-order valence-corrected chi connectivity index (χ1v) is 4.87. The first kappa shape index (κ1) is 12.4. The van der Waals surface area contributed by atoms with E-state index in [1.807, 2.05) is 0 Å². The van der Waals surface area contributed by atoms with Crippen molar-refractivity contribution in [2.45, 2.75) is 25.3 Å². The van der Waals surface area contributed by atoms with Gasteiger partial charge in [0.25, 0.3) is 0 Å². The summed E-state index contributed by atoms with van der Waals surface area (Å²) in [4.78, 5) is 0. The minimum atomic E-state index is -0.423. The summed E-state index contributed by atoms with van der Waals surface area (Å²) in [6, 6.07) is 3.08. The van der Waals surface area contributed by atoms with Crippen LogP contribution in [0.2, 0.25) is 0 Å². The van der Waals surface area contributed by atoms with Gasteiger partial charge in [0.1, 0.15) is 11.6 Å². The largest absolute Gasteiger partial charge is 0.324 e. The first-order chi connectivity index (χ1) is 6.66. The predicted molar refractivity (Wildman–Crippen MR) is 57.9 cm³/mol. The van der Waals surface area contributed by atoms with Crippen LogP contribution >= 0.6 is 12.4 Å². The van der Waals surface area contributed by atoms with E-state index in [1.54, 1.807) is 0 Å². The molecule has 4 heteroatoms. The van der Waals surface area contributed by atoms with Crippen molar-refractivity contribution in [2.24, 2.45) is 11.7 Å². The molecule has 1 aliphatic rings. The lowest BCUT2D eigenvalue weighted by atomic mass is 10.0. The lowest BCUT2D eigenvalue weighted by Crippen LogP contribution is -2.13. The molecule has 84 valence electrons. The van der Waals surface area contributed by atoms with Gasteiger partial charge in [-0.1, -0.05) is 12.8 Å². The van der Waals surface area contributed by atoms with Crippen LogP contribution in [0.4, 0.5) is 8.78 Å². The van der Waals surface area contributed by atoms with Gasteiger partial charge in [-0.2, -0.15) is 0 Å². The second kappa shape index (κ2) is 4.90. The summed E-state index contributed by atoms with van der Waals surface area (Å²) in [6.07, 6.45) is 3.11. The van der Waals surface area contributed by atoms with Crippen molar-refractivity contribution >= 4 is 12.4 Å². The molecular weight excluding hydrogens is 220 g/mol.